The molecule has 5 heteroatoms. The van der Waals surface area contributed by atoms with E-state index in [-0.39, 0.29) is 17.9 Å². The average Bonchev–Trinajstić information content (AvgIpc) is 2.55. The molecule has 0 bridgehead atoms. The van der Waals surface area contributed by atoms with Crippen LogP contribution in [0.5, 0.6) is 5.75 Å². The monoisotopic (exact) mass is 296 g/mol. The molecule has 0 aliphatic heterocycles. The summed E-state index contributed by atoms with van der Waals surface area (Å²) in [6, 6.07) is 13.9. The topological polar surface area (TPSA) is 55.0 Å². The van der Waals surface area contributed by atoms with Crippen molar-refractivity contribution < 1.29 is 9.13 Å². The number of aromatic amines is 1. The van der Waals surface area contributed by atoms with E-state index < -0.39 is 5.82 Å². The van der Waals surface area contributed by atoms with Crippen molar-refractivity contribution in [2.75, 3.05) is 0 Å². The van der Waals surface area contributed by atoms with Gasteiger partial charge in [-0.2, -0.15) is 0 Å². The van der Waals surface area contributed by atoms with Gasteiger partial charge in [-0.05, 0) is 23.3 Å². The van der Waals surface area contributed by atoms with E-state index in [2.05, 4.69) is 9.97 Å². The van der Waals surface area contributed by atoms with Crippen molar-refractivity contribution in [2.45, 2.75) is 6.61 Å². The zero-order valence-corrected chi connectivity index (χ0v) is 11.6. The van der Waals surface area contributed by atoms with Gasteiger partial charge in [-0.1, -0.05) is 36.4 Å². The van der Waals surface area contributed by atoms with Gasteiger partial charge in [0.1, 0.15) is 6.61 Å². The first-order chi connectivity index (χ1) is 10.7. The van der Waals surface area contributed by atoms with Crippen LogP contribution in [0, 0.1) is 5.82 Å². The second-order valence-electron chi connectivity index (χ2n) is 4.71. The second kappa shape index (κ2) is 6.22. The summed E-state index contributed by atoms with van der Waals surface area (Å²) in [4.78, 5) is 18.0. The van der Waals surface area contributed by atoms with Crippen LogP contribution in [0.1, 0.15) is 5.56 Å². The Kier molecular flexibility index (Phi) is 3.96. The summed E-state index contributed by atoms with van der Waals surface area (Å²) in [7, 11) is 0. The summed E-state index contributed by atoms with van der Waals surface area (Å²) in [5.41, 5.74) is 1.41. The number of hydrogen-bond donors (Lipinski definition) is 1. The number of nitrogens with one attached hydrogen (secondary N) is 1. The predicted molar refractivity (Wildman–Crippen MR) is 81.0 cm³/mol. The highest BCUT2D eigenvalue weighted by Crippen LogP contribution is 2.24. The molecule has 1 heterocycles. The zero-order valence-electron chi connectivity index (χ0n) is 11.6. The SMILES string of the molecule is O=c1[nH]cncc1-c1ccc(OCc2ccccc2)c(F)c1. The third-order valence-electron chi connectivity index (χ3n) is 3.20. The Labute approximate surface area is 126 Å². The highest BCUT2D eigenvalue weighted by Gasteiger charge is 2.09. The van der Waals surface area contributed by atoms with Crippen LogP contribution in [0.3, 0.4) is 0 Å². The molecule has 3 rings (SSSR count). The van der Waals surface area contributed by atoms with Gasteiger partial charge in [-0.15, -0.1) is 0 Å². The minimum atomic E-state index is -0.517. The van der Waals surface area contributed by atoms with Crippen molar-refractivity contribution in [2.24, 2.45) is 0 Å². The van der Waals surface area contributed by atoms with Gasteiger partial charge in [0, 0.05) is 6.20 Å². The van der Waals surface area contributed by atoms with E-state index in [1.54, 1.807) is 6.07 Å². The molecule has 0 spiro atoms. The van der Waals surface area contributed by atoms with Gasteiger partial charge >= 0.3 is 0 Å². The smallest absolute Gasteiger partial charge is 0.258 e. The Morgan fingerprint density at radius 2 is 1.95 bits per heavy atom. The van der Waals surface area contributed by atoms with Crippen molar-refractivity contribution in [3.8, 4) is 16.9 Å². The lowest BCUT2D eigenvalue weighted by atomic mass is 10.1. The first kappa shape index (κ1) is 14.0. The second-order valence-corrected chi connectivity index (χ2v) is 4.71. The molecule has 0 fully saturated rings. The number of halogens is 1. The van der Waals surface area contributed by atoms with Gasteiger partial charge in [0.15, 0.2) is 11.6 Å². The third kappa shape index (κ3) is 3.03. The molecule has 0 radical (unpaired) electrons. The van der Waals surface area contributed by atoms with E-state index in [9.17, 15) is 9.18 Å². The number of rotatable bonds is 4. The maximum atomic E-state index is 14.1. The Balaban J connectivity index is 1.81. The van der Waals surface area contributed by atoms with Crippen LogP contribution in [0.4, 0.5) is 4.39 Å². The van der Waals surface area contributed by atoms with Gasteiger partial charge < -0.3 is 9.72 Å². The lowest BCUT2D eigenvalue weighted by Gasteiger charge is -2.08. The lowest BCUT2D eigenvalue weighted by molar-refractivity contribution is 0.290. The molecule has 2 aromatic carbocycles. The molecular weight excluding hydrogens is 283 g/mol. The summed E-state index contributed by atoms with van der Waals surface area (Å²) in [5, 5.41) is 0. The van der Waals surface area contributed by atoms with Crippen LogP contribution in [-0.2, 0) is 6.61 Å². The van der Waals surface area contributed by atoms with Crippen LogP contribution in [-0.4, -0.2) is 9.97 Å². The van der Waals surface area contributed by atoms with Gasteiger partial charge in [0.25, 0.3) is 5.56 Å². The molecule has 0 aliphatic carbocycles. The van der Waals surface area contributed by atoms with E-state index in [1.165, 1.54) is 24.7 Å². The van der Waals surface area contributed by atoms with Crippen molar-refractivity contribution in [1.82, 2.24) is 9.97 Å². The molecule has 0 aliphatic rings. The van der Waals surface area contributed by atoms with Crippen molar-refractivity contribution in [3.05, 3.63) is 82.8 Å². The van der Waals surface area contributed by atoms with E-state index in [1.807, 2.05) is 30.3 Å². The summed E-state index contributed by atoms with van der Waals surface area (Å²) in [6.07, 6.45) is 2.69. The normalized spacial score (nSPS) is 10.4. The summed E-state index contributed by atoms with van der Waals surface area (Å²) in [6.45, 7) is 0.282. The number of benzene rings is 2. The molecule has 110 valence electrons. The number of ether oxygens (including phenoxy) is 1. The zero-order chi connectivity index (χ0) is 15.4. The molecule has 0 saturated carbocycles. The van der Waals surface area contributed by atoms with Crippen LogP contribution in [0.15, 0.2) is 65.8 Å². The van der Waals surface area contributed by atoms with E-state index in [0.717, 1.165) is 5.56 Å². The Morgan fingerprint density at radius 1 is 1.14 bits per heavy atom. The lowest BCUT2D eigenvalue weighted by Crippen LogP contribution is -2.08. The highest BCUT2D eigenvalue weighted by molar-refractivity contribution is 5.62. The predicted octanol–water partition coefficient (Wildman–Crippen LogP) is 3.16. The minimum Gasteiger partial charge on any atom is -0.486 e. The Bertz CT molecular complexity index is 831. The summed E-state index contributed by atoms with van der Waals surface area (Å²) >= 11 is 0. The van der Waals surface area contributed by atoms with E-state index >= 15 is 0 Å². The van der Waals surface area contributed by atoms with Gasteiger partial charge in [-0.25, -0.2) is 9.37 Å². The number of aromatic nitrogens is 2. The number of hydrogen-bond acceptors (Lipinski definition) is 3. The molecule has 1 N–H and O–H groups in total. The fourth-order valence-corrected chi connectivity index (χ4v) is 2.07. The third-order valence-corrected chi connectivity index (χ3v) is 3.20. The van der Waals surface area contributed by atoms with Gasteiger partial charge in [0.2, 0.25) is 0 Å². The minimum absolute atomic E-state index is 0.146. The molecular formula is C17H13FN2O2. The molecule has 3 aromatic rings. The number of H-pyrrole nitrogens is 1. The molecule has 0 saturated heterocycles. The van der Waals surface area contributed by atoms with E-state index in [4.69, 9.17) is 4.74 Å². The number of nitrogens with zero attached hydrogens (tertiary/aromatic N) is 1. The summed E-state index contributed by atoms with van der Waals surface area (Å²) in [5.74, 6) is -0.371. The molecule has 1 aromatic heterocycles. The van der Waals surface area contributed by atoms with Gasteiger partial charge in [0.05, 0.1) is 11.9 Å². The maximum absolute atomic E-state index is 14.1. The standard InChI is InChI=1S/C17H13FN2O2/c18-15-8-13(14-9-19-11-20-17(14)21)6-7-16(15)22-10-12-4-2-1-3-5-12/h1-9,11H,10H2,(H,19,20,21). The molecule has 0 unspecified atom stereocenters. The van der Waals surface area contributed by atoms with Crippen LogP contribution in [0.25, 0.3) is 11.1 Å². The average molecular weight is 296 g/mol. The fraction of sp³-hybridized carbons (Fsp3) is 0.0588. The first-order valence-corrected chi connectivity index (χ1v) is 6.73. The first-order valence-electron chi connectivity index (χ1n) is 6.73. The molecule has 4 nitrogen and oxygen atoms in total. The van der Waals surface area contributed by atoms with E-state index in [0.29, 0.717) is 11.1 Å². The quantitative estimate of drug-likeness (QED) is 0.804. The summed E-state index contributed by atoms with van der Waals surface area (Å²) < 4.78 is 19.6. The van der Waals surface area contributed by atoms with Crippen molar-refractivity contribution in [3.63, 3.8) is 0 Å². The molecule has 0 atom stereocenters. The van der Waals surface area contributed by atoms with Crippen LogP contribution >= 0.6 is 0 Å². The molecule has 22 heavy (non-hydrogen) atoms. The maximum Gasteiger partial charge on any atom is 0.258 e. The largest absolute Gasteiger partial charge is 0.486 e. The van der Waals surface area contributed by atoms with Crippen LogP contribution < -0.4 is 10.3 Å². The van der Waals surface area contributed by atoms with Crippen LogP contribution in [0.2, 0.25) is 0 Å². The van der Waals surface area contributed by atoms with Crippen molar-refractivity contribution in [1.29, 1.82) is 0 Å². The molecule has 0 amide bonds. The Hall–Kier alpha value is -2.95. The Morgan fingerprint density at radius 3 is 2.68 bits per heavy atom. The van der Waals surface area contributed by atoms with Crippen molar-refractivity contribution >= 4 is 0 Å². The fourth-order valence-electron chi connectivity index (χ4n) is 2.07. The van der Waals surface area contributed by atoms with Gasteiger partial charge in [-0.3, -0.25) is 4.79 Å². The highest BCUT2D eigenvalue weighted by atomic mass is 19.1.